The van der Waals surface area contributed by atoms with E-state index in [1.54, 1.807) is 0 Å². The summed E-state index contributed by atoms with van der Waals surface area (Å²) in [5.41, 5.74) is 1.47. The van der Waals surface area contributed by atoms with E-state index in [4.69, 9.17) is 4.74 Å². The van der Waals surface area contributed by atoms with Crippen molar-refractivity contribution in [1.82, 2.24) is 0 Å². The summed E-state index contributed by atoms with van der Waals surface area (Å²) in [4.78, 5) is 0. The first-order valence-electron chi connectivity index (χ1n) is 2.75. The quantitative estimate of drug-likeness (QED) is 0.437. The van der Waals surface area contributed by atoms with Gasteiger partial charge in [0.1, 0.15) is 0 Å². The van der Waals surface area contributed by atoms with Crippen molar-refractivity contribution >= 4 is 15.9 Å². The van der Waals surface area contributed by atoms with Crippen LogP contribution in [0, 0.1) is 0 Å². The van der Waals surface area contributed by atoms with E-state index >= 15 is 0 Å². The molecule has 0 aromatic heterocycles. The molecule has 8 heavy (non-hydrogen) atoms. The first kappa shape index (κ1) is 6.30. The average Bonchev–Trinajstić information content (AvgIpc) is 1.90. The van der Waals surface area contributed by atoms with Crippen LogP contribution in [0.25, 0.3) is 0 Å². The van der Waals surface area contributed by atoms with E-state index in [1.165, 1.54) is 5.57 Å². The lowest BCUT2D eigenvalue weighted by Gasteiger charge is -2.09. The number of halogens is 1. The van der Waals surface area contributed by atoms with Crippen LogP contribution in [0.15, 0.2) is 11.6 Å². The van der Waals surface area contributed by atoms with E-state index in [0.29, 0.717) is 0 Å². The maximum absolute atomic E-state index is 5.10. The zero-order valence-electron chi connectivity index (χ0n) is 4.69. The number of ether oxygens (including phenoxy) is 1. The van der Waals surface area contributed by atoms with Crippen LogP contribution in [0.3, 0.4) is 0 Å². The minimum atomic E-state index is 0.806. The number of hydrogen-bond donors (Lipinski definition) is 0. The van der Waals surface area contributed by atoms with E-state index in [1.807, 2.05) is 0 Å². The van der Waals surface area contributed by atoms with Crippen molar-refractivity contribution < 1.29 is 4.74 Å². The molecule has 0 amide bonds. The fourth-order valence-corrected chi connectivity index (χ4v) is 1.20. The van der Waals surface area contributed by atoms with Gasteiger partial charge in [-0.15, -0.1) is 0 Å². The summed E-state index contributed by atoms with van der Waals surface area (Å²) in [6.45, 7) is 1.71. The molecule has 0 radical (unpaired) electrons. The van der Waals surface area contributed by atoms with Gasteiger partial charge in [0.15, 0.2) is 0 Å². The van der Waals surface area contributed by atoms with Gasteiger partial charge in [-0.05, 0) is 6.42 Å². The Morgan fingerprint density at radius 2 is 2.62 bits per heavy atom. The third-order valence-electron chi connectivity index (χ3n) is 1.23. The Bertz CT molecular complexity index is 98.7. The van der Waals surface area contributed by atoms with Crippen LogP contribution in [-0.2, 0) is 4.74 Å². The van der Waals surface area contributed by atoms with Crippen molar-refractivity contribution in [3.8, 4) is 0 Å². The molecule has 0 saturated carbocycles. The summed E-state index contributed by atoms with van der Waals surface area (Å²) < 4.78 is 5.10. The highest BCUT2D eigenvalue weighted by atomic mass is 79.9. The van der Waals surface area contributed by atoms with Crippen LogP contribution >= 0.6 is 15.9 Å². The molecule has 2 heteroatoms. The van der Waals surface area contributed by atoms with E-state index < -0.39 is 0 Å². The Labute approximate surface area is 57.8 Å². The standard InChI is InChI=1S/C6H9BrO/c7-5-6-1-3-8-4-2-6/h1H,2-5H2. The molecule has 0 saturated heterocycles. The molecule has 1 nitrogen and oxygen atoms in total. The molecule has 0 aromatic carbocycles. The minimum Gasteiger partial charge on any atom is -0.377 e. The Kier molecular flexibility index (Phi) is 2.56. The van der Waals surface area contributed by atoms with Crippen molar-refractivity contribution in [2.75, 3.05) is 18.5 Å². The van der Waals surface area contributed by atoms with Gasteiger partial charge in [0.05, 0.1) is 13.2 Å². The molecule has 0 atom stereocenters. The lowest BCUT2D eigenvalue weighted by molar-refractivity contribution is 0.155. The van der Waals surface area contributed by atoms with Crippen LogP contribution in [0.5, 0.6) is 0 Å². The van der Waals surface area contributed by atoms with Crippen LogP contribution in [-0.4, -0.2) is 18.5 Å². The maximum atomic E-state index is 5.10. The summed E-state index contributed by atoms with van der Waals surface area (Å²) in [5.74, 6) is 0. The second-order valence-corrected chi connectivity index (χ2v) is 2.38. The Hall–Kier alpha value is 0.180. The fourth-order valence-electron chi connectivity index (χ4n) is 0.687. The van der Waals surface area contributed by atoms with Crippen molar-refractivity contribution in [2.24, 2.45) is 0 Å². The molecule has 1 aliphatic heterocycles. The summed E-state index contributed by atoms with van der Waals surface area (Å²) >= 11 is 3.39. The lowest BCUT2D eigenvalue weighted by atomic mass is 10.2. The Balaban J connectivity index is 2.37. The molecular formula is C6H9BrO. The van der Waals surface area contributed by atoms with E-state index in [9.17, 15) is 0 Å². The highest BCUT2D eigenvalue weighted by molar-refractivity contribution is 9.09. The summed E-state index contributed by atoms with van der Waals surface area (Å²) in [6, 6.07) is 0. The van der Waals surface area contributed by atoms with E-state index in [-0.39, 0.29) is 0 Å². The van der Waals surface area contributed by atoms with Crippen molar-refractivity contribution in [2.45, 2.75) is 6.42 Å². The van der Waals surface area contributed by atoms with E-state index in [0.717, 1.165) is 25.0 Å². The largest absolute Gasteiger partial charge is 0.377 e. The van der Waals surface area contributed by atoms with Crippen LogP contribution < -0.4 is 0 Å². The van der Waals surface area contributed by atoms with Crippen LogP contribution in [0.2, 0.25) is 0 Å². The average molecular weight is 177 g/mol. The second kappa shape index (κ2) is 3.25. The predicted octanol–water partition coefficient (Wildman–Crippen LogP) is 1.73. The molecule has 0 N–H and O–H groups in total. The van der Waals surface area contributed by atoms with E-state index in [2.05, 4.69) is 22.0 Å². The van der Waals surface area contributed by atoms with Gasteiger partial charge in [-0.2, -0.15) is 0 Å². The number of hydrogen-bond acceptors (Lipinski definition) is 1. The van der Waals surface area contributed by atoms with Crippen LogP contribution in [0.4, 0.5) is 0 Å². The first-order chi connectivity index (χ1) is 3.93. The highest BCUT2D eigenvalue weighted by Gasteiger charge is 1.99. The Morgan fingerprint density at radius 1 is 1.75 bits per heavy atom. The first-order valence-corrected chi connectivity index (χ1v) is 3.87. The van der Waals surface area contributed by atoms with Gasteiger partial charge in [0, 0.05) is 5.33 Å². The molecule has 1 aliphatic rings. The molecule has 46 valence electrons. The molecule has 0 unspecified atom stereocenters. The highest BCUT2D eigenvalue weighted by Crippen LogP contribution is 2.09. The third-order valence-corrected chi connectivity index (χ3v) is 1.95. The predicted molar refractivity (Wildman–Crippen MR) is 37.3 cm³/mol. The van der Waals surface area contributed by atoms with Gasteiger partial charge >= 0.3 is 0 Å². The topological polar surface area (TPSA) is 9.23 Å². The number of rotatable bonds is 1. The van der Waals surface area contributed by atoms with Gasteiger partial charge in [-0.25, -0.2) is 0 Å². The van der Waals surface area contributed by atoms with Gasteiger partial charge < -0.3 is 4.74 Å². The fraction of sp³-hybridized carbons (Fsp3) is 0.667. The maximum Gasteiger partial charge on any atom is 0.0650 e. The van der Waals surface area contributed by atoms with Crippen molar-refractivity contribution in [1.29, 1.82) is 0 Å². The summed E-state index contributed by atoms with van der Waals surface area (Å²) in [5, 5.41) is 1.01. The second-order valence-electron chi connectivity index (χ2n) is 1.82. The molecule has 0 aromatic rings. The Morgan fingerprint density at radius 3 is 3.00 bits per heavy atom. The molecule has 0 fully saturated rings. The normalized spacial score (nSPS) is 20.4. The molecule has 0 aliphatic carbocycles. The van der Waals surface area contributed by atoms with Crippen LogP contribution in [0.1, 0.15) is 6.42 Å². The van der Waals surface area contributed by atoms with Crippen molar-refractivity contribution in [3.63, 3.8) is 0 Å². The summed E-state index contributed by atoms with van der Waals surface area (Å²) in [7, 11) is 0. The molecule has 0 bridgehead atoms. The van der Waals surface area contributed by atoms with Crippen molar-refractivity contribution in [3.05, 3.63) is 11.6 Å². The molecule has 1 rings (SSSR count). The minimum absolute atomic E-state index is 0.806. The zero-order chi connectivity index (χ0) is 5.82. The molecule has 1 heterocycles. The lowest BCUT2D eigenvalue weighted by Crippen LogP contribution is -2.04. The van der Waals surface area contributed by atoms with Gasteiger partial charge in [-0.1, -0.05) is 27.6 Å². The molecule has 0 spiro atoms. The monoisotopic (exact) mass is 176 g/mol. The smallest absolute Gasteiger partial charge is 0.0650 e. The third kappa shape index (κ3) is 1.60. The van der Waals surface area contributed by atoms with Gasteiger partial charge in [-0.3, -0.25) is 0 Å². The van der Waals surface area contributed by atoms with Gasteiger partial charge in [0.2, 0.25) is 0 Å². The SMILES string of the molecule is BrCC1=CCOCC1. The summed E-state index contributed by atoms with van der Waals surface area (Å²) in [6.07, 6.45) is 3.24. The number of alkyl halides is 1. The zero-order valence-corrected chi connectivity index (χ0v) is 6.28. The van der Waals surface area contributed by atoms with Gasteiger partial charge in [0.25, 0.3) is 0 Å². The molecular weight excluding hydrogens is 168 g/mol.